The van der Waals surface area contributed by atoms with Crippen molar-refractivity contribution < 1.29 is 72.1 Å². The minimum atomic E-state index is -2.46. The van der Waals surface area contributed by atoms with Crippen LogP contribution in [0.5, 0.6) is 0 Å². The monoisotopic (exact) mass is 1100 g/mol. The lowest BCUT2D eigenvalue weighted by atomic mass is 9.78. The van der Waals surface area contributed by atoms with Crippen molar-refractivity contribution in [2.24, 2.45) is 35.5 Å². The summed E-state index contributed by atoms with van der Waals surface area (Å²) in [7, 11) is 4.68. The molecule has 1 saturated carbocycles. The molecule has 0 radical (unpaired) electrons. The Labute approximate surface area is 466 Å². The number of morpholine rings is 1. The Morgan fingerprint density at radius 1 is 0.795 bits per heavy atom. The number of rotatable bonds is 13. The number of ether oxygens (including phenoxy) is 8. The summed E-state index contributed by atoms with van der Waals surface area (Å²) in [5, 5.41) is 23.8. The summed E-state index contributed by atoms with van der Waals surface area (Å²) < 4.78 is 48.3. The number of carbonyl (C=O) groups is 5. The van der Waals surface area contributed by atoms with Crippen LogP contribution in [-0.2, 0) is 61.9 Å². The van der Waals surface area contributed by atoms with Gasteiger partial charge in [-0.25, -0.2) is 4.79 Å². The number of Topliss-reactive ketones (excluding diaryl/α,β-unsaturated/α-hetero) is 3. The van der Waals surface area contributed by atoms with Crippen molar-refractivity contribution in [3.05, 3.63) is 47.6 Å². The summed E-state index contributed by atoms with van der Waals surface area (Å²) in [6, 6.07) is -1.15. The standard InChI is InChI=1S/C61H98N2O15/c1-38-18-14-13-15-19-39(2)52(75-29-28-71-10)34-48-23-21-44(7)61(70,78-48)58(67)59(68)63-25-17-16-20-49(63)60(69)77-53(35-50(64)40(3)31-43(6)56(66)57(73-12)55(65)42(5)30-38)41(4)32-47-22-24-51(54(33-47)72-11)74-27-26-62-36-45(8)76-46(9)37-62/h13-15,18-19,31,38,40-42,44-49,51-54,56-57,66,70H,16-17,20-30,32-37H2,1-12H3/b15-13?,18-14+,39-19?,43-31+/t38-,40-,41-,42-,44-,45-,46+,47+,48+,49?,51-,52?,53+,54-,56-,57+,61-/m1/s1. The zero-order valence-electron chi connectivity index (χ0n) is 49.2. The fraction of sp³-hybridized carbons (Fsp3) is 0.787. The Morgan fingerprint density at radius 3 is 2.22 bits per heavy atom. The highest BCUT2D eigenvalue weighted by Gasteiger charge is 2.53. The molecule has 0 aromatic rings. The molecule has 5 rings (SSSR count). The second-order valence-electron chi connectivity index (χ2n) is 23.6. The predicted molar refractivity (Wildman–Crippen MR) is 296 cm³/mol. The maximum atomic E-state index is 14.7. The van der Waals surface area contributed by atoms with Gasteiger partial charge in [-0.1, -0.05) is 71.1 Å². The number of carbonyl (C=O) groups excluding carboxylic acids is 5. The van der Waals surface area contributed by atoms with Crippen LogP contribution in [0.15, 0.2) is 47.6 Å². The van der Waals surface area contributed by atoms with Crippen LogP contribution in [0, 0.1) is 35.5 Å². The van der Waals surface area contributed by atoms with Gasteiger partial charge in [-0.15, -0.1) is 0 Å². The fourth-order valence-corrected chi connectivity index (χ4v) is 12.3. The topological polar surface area (TPSA) is 206 Å². The molecule has 0 aromatic heterocycles. The molecule has 0 spiro atoms. The smallest absolute Gasteiger partial charge is 0.329 e. The first-order valence-corrected chi connectivity index (χ1v) is 29.2. The molecule has 5 aliphatic rings. The number of piperidine rings is 1. The van der Waals surface area contributed by atoms with Crippen LogP contribution in [0.1, 0.15) is 139 Å². The van der Waals surface area contributed by atoms with Crippen molar-refractivity contribution in [3.63, 3.8) is 0 Å². The minimum Gasteiger partial charge on any atom is -0.460 e. The number of hydrogen-bond acceptors (Lipinski definition) is 16. The zero-order valence-corrected chi connectivity index (χ0v) is 49.2. The van der Waals surface area contributed by atoms with E-state index in [2.05, 4.69) is 18.7 Å². The highest BCUT2D eigenvalue weighted by molar-refractivity contribution is 6.39. The Bertz CT molecular complexity index is 2070. The second-order valence-corrected chi connectivity index (χ2v) is 23.6. The molecule has 4 heterocycles. The molecule has 1 amide bonds. The molecule has 442 valence electrons. The highest BCUT2D eigenvalue weighted by Crippen LogP contribution is 2.38. The van der Waals surface area contributed by atoms with Gasteiger partial charge >= 0.3 is 5.97 Å². The Balaban J connectivity index is 1.42. The summed E-state index contributed by atoms with van der Waals surface area (Å²) >= 11 is 0. The Hall–Kier alpha value is -3.49. The van der Waals surface area contributed by atoms with Crippen LogP contribution in [-0.4, -0.2) is 183 Å². The molecule has 2 unspecified atom stereocenters. The molecule has 17 atom stereocenters. The molecular formula is C61H98N2O15. The van der Waals surface area contributed by atoms with Crippen LogP contribution >= 0.6 is 0 Å². The zero-order chi connectivity index (χ0) is 57.3. The number of methoxy groups -OCH3 is 3. The van der Waals surface area contributed by atoms with Gasteiger partial charge in [-0.05, 0) is 121 Å². The van der Waals surface area contributed by atoms with E-state index in [9.17, 15) is 34.2 Å². The number of ketones is 3. The van der Waals surface area contributed by atoms with Crippen LogP contribution < -0.4 is 0 Å². The largest absolute Gasteiger partial charge is 0.460 e. The van der Waals surface area contributed by atoms with Crippen molar-refractivity contribution in [2.45, 2.75) is 206 Å². The van der Waals surface area contributed by atoms with Crippen molar-refractivity contribution >= 4 is 29.2 Å². The third-order valence-corrected chi connectivity index (χ3v) is 17.0. The van der Waals surface area contributed by atoms with Crippen LogP contribution in [0.2, 0.25) is 0 Å². The van der Waals surface area contributed by atoms with Crippen LogP contribution in [0.25, 0.3) is 0 Å². The van der Waals surface area contributed by atoms with Crippen molar-refractivity contribution in [1.82, 2.24) is 9.80 Å². The molecule has 2 bridgehead atoms. The molecule has 4 fully saturated rings. The van der Waals surface area contributed by atoms with E-state index >= 15 is 0 Å². The molecule has 0 aromatic carbocycles. The molecule has 2 N–H and O–H groups in total. The third kappa shape index (κ3) is 18.5. The predicted octanol–water partition coefficient (Wildman–Crippen LogP) is 7.33. The first kappa shape index (κ1) is 65.3. The number of aliphatic hydroxyl groups excluding tert-OH is 1. The van der Waals surface area contributed by atoms with Crippen LogP contribution in [0.3, 0.4) is 0 Å². The number of esters is 1. The summed E-state index contributed by atoms with van der Waals surface area (Å²) in [6.45, 7) is 20.8. The van der Waals surface area contributed by atoms with Gasteiger partial charge < -0.3 is 53.0 Å². The lowest BCUT2D eigenvalue weighted by Gasteiger charge is -2.43. The van der Waals surface area contributed by atoms with Crippen molar-refractivity contribution in [1.29, 1.82) is 0 Å². The normalized spacial score (nSPS) is 37.9. The average Bonchev–Trinajstić information content (AvgIpc) is 3.41. The van der Waals surface area contributed by atoms with Gasteiger partial charge in [0.25, 0.3) is 11.7 Å². The molecule has 17 heteroatoms. The number of hydrogen-bond donors (Lipinski definition) is 2. The summed E-state index contributed by atoms with van der Waals surface area (Å²) in [5.74, 6) is -7.97. The van der Waals surface area contributed by atoms with Gasteiger partial charge in [-0.3, -0.25) is 24.1 Å². The number of fused-ring (bicyclic) bond motifs is 3. The maximum Gasteiger partial charge on any atom is 0.329 e. The number of cyclic esters (lactones) is 1. The van der Waals surface area contributed by atoms with E-state index in [0.29, 0.717) is 63.7 Å². The van der Waals surface area contributed by atoms with E-state index < -0.39 is 77.8 Å². The third-order valence-electron chi connectivity index (χ3n) is 17.0. The number of allylic oxidation sites excluding steroid dienone is 6. The van der Waals surface area contributed by atoms with E-state index in [-0.39, 0.29) is 86.2 Å². The second kappa shape index (κ2) is 31.6. The summed E-state index contributed by atoms with van der Waals surface area (Å²) in [6.07, 6.45) is 12.6. The Morgan fingerprint density at radius 2 is 1.53 bits per heavy atom. The van der Waals surface area contributed by atoms with E-state index in [1.807, 2.05) is 58.1 Å². The highest BCUT2D eigenvalue weighted by atomic mass is 16.6. The van der Waals surface area contributed by atoms with Crippen LogP contribution in [0.4, 0.5) is 0 Å². The average molecular weight is 1100 g/mol. The first-order chi connectivity index (χ1) is 37.1. The van der Waals surface area contributed by atoms with Crippen molar-refractivity contribution in [2.75, 3.05) is 67.3 Å². The van der Waals surface area contributed by atoms with Gasteiger partial charge in [0.1, 0.15) is 30.1 Å². The van der Waals surface area contributed by atoms with Gasteiger partial charge in [0, 0.05) is 78.1 Å². The molecule has 17 nitrogen and oxygen atoms in total. The number of nitrogens with zero attached hydrogens (tertiary/aromatic N) is 2. The van der Waals surface area contributed by atoms with E-state index in [0.717, 1.165) is 38.0 Å². The number of amides is 1. The quantitative estimate of drug-likeness (QED) is 0.0802. The van der Waals surface area contributed by atoms with Gasteiger partial charge in [0.15, 0.2) is 5.78 Å². The van der Waals surface area contributed by atoms with Gasteiger partial charge in [0.2, 0.25) is 5.79 Å². The van der Waals surface area contributed by atoms with E-state index in [4.69, 9.17) is 37.9 Å². The number of aliphatic hydroxyl groups is 2. The summed E-state index contributed by atoms with van der Waals surface area (Å²) in [5.41, 5.74) is 1.26. The maximum absolute atomic E-state index is 14.7. The molecular weight excluding hydrogens is 1000 g/mol. The fourth-order valence-electron chi connectivity index (χ4n) is 12.3. The SMILES string of the molecule is COCCOC1C[C@@H]2CC[C@@H](C)[C@@](O)(O2)C(=O)C(=O)N2CCCCC2C(=O)O[C@H]([C@H](C)C[C@@H]2CC[C@@H](OCCN3C[C@@H](C)O[C@@H](C)C3)[C@H](OC)C2)CC(=O)[C@H](C)/C=C(\C)[C@@H](O)[C@@H](OC)C(=O)[C@H](C)C[C@H](C)/C=C/C=CC=C1C. The van der Waals surface area contributed by atoms with E-state index in [1.165, 1.54) is 12.0 Å². The molecule has 4 aliphatic heterocycles. The minimum absolute atomic E-state index is 0.00247. The van der Waals surface area contributed by atoms with E-state index in [1.54, 1.807) is 41.1 Å². The lowest BCUT2D eigenvalue weighted by Crippen LogP contribution is -2.61. The molecule has 1 aliphatic carbocycles. The Kier molecular flexibility index (Phi) is 26.5. The van der Waals surface area contributed by atoms with Crippen molar-refractivity contribution in [3.8, 4) is 0 Å². The lowest BCUT2D eigenvalue weighted by molar-refractivity contribution is -0.266. The summed E-state index contributed by atoms with van der Waals surface area (Å²) in [4.78, 5) is 75.5. The molecule has 78 heavy (non-hydrogen) atoms. The van der Waals surface area contributed by atoms with Gasteiger partial charge in [-0.2, -0.15) is 0 Å². The first-order valence-electron chi connectivity index (χ1n) is 29.2. The van der Waals surface area contributed by atoms with Gasteiger partial charge in [0.05, 0.1) is 56.4 Å². The molecule has 3 saturated heterocycles.